The van der Waals surface area contributed by atoms with Gasteiger partial charge >= 0.3 is 0 Å². The van der Waals surface area contributed by atoms with Crippen LogP contribution in [0.25, 0.3) is 258 Å². The summed E-state index contributed by atoms with van der Waals surface area (Å²) < 4.78 is 2.23. The van der Waals surface area contributed by atoms with E-state index in [1.165, 1.54) is 86.2 Å². The lowest BCUT2D eigenvalue weighted by Gasteiger charge is -2.15. The predicted octanol–water partition coefficient (Wildman–Crippen LogP) is 27.6. The third kappa shape index (κ3) is 11.5. The van der Waals surface area contributed by atoms with Crippen LogP contribution in [0.2, 0.25) is 0 Å². The minimum absolute atomic E-state index is 0.609. The van der Waals surface area contributed by atoms with Crippen molar-refractivity contribution in [3.05, 3.63) is 389 Å². The van der Waals surface area contributed by atoms with Gasteiger partial charge in [0.05, 0.1) is 72.6 Å². The summed E-state index contributed by atoms with van der Waals surface area (Å²) in [4.78, 5) is 53.8. The van der Waals surface area contributed by atoms with Gasteiger partial charge in [-0.3, -0.25) is 29.5 Å². The highest BCUT2D eigenvalue weighted by atomic mass is 15.1. The van der Waals surface area contributed by atoms with Crippen molar-refractivity contribution in [2.75, 3.05) is 0 Å². The van der Waals surface area contributed by atoms with Gasteiger partial charge in [-0.1, -0.05) is 231 Å². The van der Waals surface area contributed by atoms with Crippen molar-refractivity contribution < 1.29 is 0 Å². The largest absolute Gasteiger partial charge is 0.292 e. The zero-order valence-corrected chi connectivity index (χ0v) is 65.8. The zero-order valence-electron chi connectivity index (χ0n) is 65.8. The van der Waals surface area contributed by atoms with Gasteiger partial charge in [0.15, 0.2) is 5.82 Å². The molecule has 0 aliphatic carbocycles. The van der Waals surface area contributed by atoms with E-state index in [1.54, 1.807) is 12.4 Å². The van der Waals surface area contributed by atoms with Crippen LogP contribution in [0.4, 0.5) is 0 Å². The fourth-order valence-electron chi connectivity index (χ4n) is 18.9. The van der Waals surface area contributed by atoms with E-state index >= 15 is 0 Å². The van der Waals surface area contributed by atoms with Crippen molar-refractivity contribution >= 4 is 173 Å². The average molecular weight is 1570 g/mol. The number of hydrogen-bond donors (Lipinski definition) is 0. The number of aromatic nitrogens is 12. The summed E-state index contributed by atoms with van der Waals surface area (Å²) in [6.07, 6.45) is 11.1. The molecular formula is C111H64N12. The summed E-state index contributed by atoms with van der Waals surface area (Å²) in [6, 6.07) is 123. The van der Waals surface area contributed by atoms with Gasteiger partial charge in [-0.15, -0.1) is 0 Å². The molecular weight excluding hydrogens is 1500 g/mol. The maximum Gasteiger partial charge on any atom is 0.179 e. The Morgan fingerprint density at radius 2 is 0.561 bits per heavy atom. The molecule has 17 aromatic carbocycles. The summed E-state index contributed by atoms with van der Waals surface area (Å²) in [7, 11) is 0. The third-order valence-electron chi connectivity index (χ3n) is 24.5. The number of para-hydroxylation sites is 3. The molecule has 0 unspecified atom stereocenters. The van der Waals surface area contributed by atoms with E-state index < -0.39 is 0 Å². The Morgan fingerprint density at radius 1 is 0.195 bits per heavy atom. The van der Waals surface area contributed by atoms with Crippen molar-refractivity contribution in [3.8, 4) is 84.9 Å². The van der Waals surface area contributed by atoms with Crippen LogP contribution in [0, 0.1) is 0 Å². The van der Waals surface area contributed by atoms with Crippen LogP contribution in [0.5, 0.6) is 0 Å². The summed E-state index contributed by atoms with van der Waals surface area (Å²) in [5.41, 5.74) is 20.8. The summed E-state index contributed by atoms with van der Waals surface area (Å²) >= 11 is 0. The lowest BCUT2D eigenvalue weighted by atomic mass is 9.91. The van der Waals surface area contributed by atoms with Gasteiger partial charge in [-0.2, -0.15) is 0 Å². The van der Waals surface area contributed by atoms with Crippen molar-refractivity contribution in [2.45, 2.75) is 0 Å². The molecule has 0 saturated heterocycles. The Balaban J connectivity index is 0.000000102. The maximum atomic E-state index is 5.28. The molecule has 10 aromatic heterocycles. The number of rotatable bonds is 8. The molecule has 0 radical (unpaired) electrons. The molecule has 0 amide bonds. The Morgan fingerprint density at radius 3 is 1.04 bits per heavy atom. The molecule has 0 saturated carbocycles. The van der Waals surface area contributed by atoms with E-state index in [0.29, 0.717) is 5.82 Å². The number of fused-ring (bicyclic) bond motifs is 13. The highest BCUT2D eigenvalue weighted by Crippen LogP contribution is 2.46. The molecule has 12 heteroatoms. The molecule has 27 aromatic rings. The van der Waals surface area contributed by atoms with Crippen LogP contribution in [-0.4, -0.2) is 59.4 Å². The highest BCUT2D eigenvalue weighted by Gasteiger charge is 2.23. The monoisotopic (exact) mass is 1560 g/mol. The van der Waals surface area contributed by atoms with Crippen LogP contribution >= 0.6 is 0 Å². The fourth-order valence-corrected chi connectivity index (χ4v) is 18.9. The molecule has 0 bridgehead atoms. The molecule has 0 aliphatic rings. The molecule has 0 atom stereocenters. The van der Waals surface area contributed by atoms with Gasteiger partial charge in [-0.25, -0.2) is 29.9 Å². The number of hydrogen-bond acceptors (Lipinski definition) is 11. The van der Waals surface area contributed by atoms with Crippen molar-refractivity contribution in [2.24, 2.45) is 0 Å². The first kappa shape index (κ1) is 69.3. The lowest BCUT2D eigenvalue weighted by molar-refractivity contribution is 1.10. The van der Waals surface area contributed by atoms with E-state index in [1.807, 2.05) is 116 Å². The van der Waals surface area contributed by atoms with Crippen molar-refractivity contribution in [3.63, 3.8) is 0 Å². The fraction of sp³-hybridized carbons (Fsp3) is 0. The normalized spacial score (nSPS) is 11.9. The summed E-state index contributed by atoms with van der Waals surface area (Å²) in [5, 5.41) is 28.6. The average Bonchev–Trinajstić information content (AvgIpc) is 1.19. The summed E-state index contributed by atoms with van der Waals surface area (Å²) in [5.74, 6) is 1.53. The molecule has 0 N–H and O–H groups in total. The van der Waals surface area contributed by atoms with E-state index in [9.17, 15) is 0 Å². The Kier molecular flexibility index (Phi) is 15.7. The molecule has 0 spiro atoms. The molecule has 123 heavy (non-hydrogen) atoms. The van der Waals surface area contributed by atoms with Crippen molar-refractivity contribution in [1.82, 2.24) is 59.4 Å². The lowest BCUT2D eigenvalue weighted by Crippen LogP contribution is -1.98. The molecule has 568 valence electrons. The van der Waals surface area contributed by atoms with Crippen molar-refractivity contribution in [1.29, 1.82) is 0 Å². The maximum absolute atomic E-state index is 5.28. The first-order valence-electron chi connectivity index (χ1n) is 41.2. The van der Waals surface area contributed by atoms with Gasteiger partial charge in [0.1, 0.15) is 11.5 Å². The standard InChI is InChI=1S/C41H24N4.C38H22N4.C32H18N4/c1-2-8-31(9-3-1)45-36-11-5-4-10-35(36)44-41(45)26-14-12-25(13-15-26)34-21-18-30-24-28-16-19-32-37-27(23-29-7-6-22-42-39(29)32)17-20-33(38(28)37)40(30)43-34;1-3-8-23(9-4-1)32-22-33(24-10-5-2-6-11-24)42-38(41-32)31-18-15-28-21-26-13-16-29-34-25(20-27-12-7-19-39-36(27)29)14-17-30(35(26)34)37(28)40-31;1-2-22-16-20-3-4-21-17-23-5-10-28(27-9-6-24(18-35-27)19-11-14-33-15-12-19)36-32(23)26-8-7-25(29(20)30(21)26)31(22)34-13-1/h1-24H;1-22H;1-18H. The molecule has 0 fully saturated rings. The minimum Gasteiger partial charge on any atom is -0.292 e. The Hall–Kier alpha value is -16.8. The minimum atomic E-state index is 0.609. The quantitative estimate of drug-likeness (QED) is 0.106. The van der Waals surface area contributed by atoms with E-state index in [-0.39, 0.29) is 0 Å². The topological polar surface area (TPSA) is 147 Å². The first-order valence-corrected chi connectivity index (χ1v) is 41.2. The Bertz CT molecular complexity index is 8860. The van der Waals surface area contributed by atoms with E-state index in [4.69, 9.17) is 49.8 Å². The predicted molar refractivity (Wildman–Crippen MR) is 506 cm³/mol. The first-order chi connectivity index (χ1) is 60.9. The smallest absolute Gasteiger partial charge is 0.179 e. The number of benzene rings is 17. The van der Waals surface area contributed by atoms with Gasteiger partial charge in [0, 0.05) is 135 Å². The SMILES string of the molecule is c1ccc(-c2cc(-c3ccccc3)nc(-c3ccc4cc5ccc6c7ncccc7cc7ccc(c4n3)c5c76)n2)cc1.c1ccc(-n2c(-c3ccc(-c4ccc5cc6ccc7c8ncccc8cc8ccc(c5n4)c6c87)cc3)nc3ccccc32)cc1.c1cnc2c(c1)cc1ccc3cc4ccc(-c5ccc(-c6ccncc6)cn5)nc4c4ccc2c1c34. The van der Waals surface area contributed by atoms with Crippen LogP contribution < -0.4 is 0 Å². The van der Waals surface area contributed by atoms with Gasteiger partial charge in [0.25, 0.3) is 0 Å². The van der Waals surface area contributed by atoms with Crippen LogP contribution in [0.3, 0.4) is 0 Å². The Labute approximate surface area is 702 Å². The van der Waals surface area contributed by atoms with Gasteiger partial charge < -0.3 is 0 Å². The number of imidazole rings is 1. The second-order valence-electron chi connectivity index (χ2n) is 31.6. The molecule has 27 rings (SSSR count). The second kappa shape index (κ2) is 27.9. The molecule has 0 aliphatic heterocycles. The molecule has 12 nitrogen and oxygen atoms in total. The third-order valence-corrected chi connectivity index (χ3v) is 24.5. The number of nitrogens with zero attached hydrogens (tertiary/aromatic N) is 12. The van der Waals surface area contributed by atoms with Crippen LogP contribution in [0.1, 0.15) is 0 Å². The van der Waals surface area contributed by atoms with Gasteiger partial charge in [0.2, 0.25) is 0 Å². The molecule has 10 heterocycles. The van der Waals surface area contributed by atoms with Crippen LogP contribution in [0.15, 0.2) is 389 Å². The zero-order chi connectivity index (χ0) is 80.7. The van der Waals surface area contributed by atoms with Crippen LogP contribution in [-0.2, 0) is 0 Å². The summed E-state index contributed by atoms with van der Waals surface area (Å²) in [6.45, 7) is 0. The second-order valence-corrected chi connectivity index (χ2v) is 31.6. The number of pyridine rings is 8. The highest BCUT2D eigenvalue weighted by molar-refractivity contribution is 6.35. The van der Waals surface area contributed by atoms with Gasteiger partial charge in [-0.05, 0) is 192 Å². The van der Waals surface area contributed by atoms with E-state index in [2.05, 4.69) is 270 Å². The van der Waals surface area contributed by atoms with E-state index in [0.717, 1.165) is 166 Å².